The minimum Gasteiger partial charge on any atom is -0.424 e. The Morgan fingerprint density at radius 3 is 2.48 bits per heavy atom. The Bertz CT molecular complexity index is 846. The van der Waals surface area contributed by atoms with Crippen LogP contribution in [0.4, 0.5) is 0 Å². The minimum absolute atomic E-state index is 0.303. The van der Waals surface area contributed by atoms with E-state index in [9.17, 15) is 0 Å². The lowest BCUT2D eigenvalue weighted by Gasteiger charge is -2.23. The average molecular weight is 338 g/mol. The van der Waals surface area contributed by atoms with Crippen molar-refractivity contribution >= 4 is 0 Å². The zero-order chi connectivity index (χ0) is 17.3. The molecule has 25 heavy (non-hydrogen) atoms. The fourth-order valence-electron chi connectivity index (χ4n) is 2.72. The molecule has 0 aliphatic heterocycles. The molecule has 0 bridgehead atoms. The van der Waals surface area contributed by atoms with E-state index in [-0.39, 0.29) is 0 Å². The second-order valence-corrected chi connectivity index (χ2v) is 6.17. The summed E-state index contributed by atoms with van der Waals surface area (Å²) in [5.74, 6) is 2.12. The predicted molar refractivity (Wildman–Crippen MR) is 88.9 cm³/mol. The van der Waals surface area contributed by atoms with Gasteiger partial charge in [-0.15, -0.1) is 0 Å². The fraction of sp³-hybridized carbons (Fsp3) is 0.333. The molecule has 2 aromatic heterocycles. The van der Waals surface area contributed by atoms with Crippen molar-refractivity contribution in [3.63, 3.8) is 0 Å². The molecular weight excluding hydrogens is 320 g/mol. The van der Waals surface area contributed by atoms with Crippen LogP contribution in [-0.2, 0) is 10.3 Å². The van der Waals surface area contributed by atoms with Gasteiger partial charge in [0.1, 0.15) is 11.4 Å². The average Bonchev–Trinajstić information content (AvgIpc) is 3.40. The van der Waals surface area contributed by atoms with Crippen LogP contribution in [0.15, 0.2) is 47.2 Å². The fourth-order valence-corrected chi connectivity index (χ4v) is 2.72. The largest absolute Gasteiger partial charge is 0.424 e. The Hall–Kier alpha value is -2.80. The number of benzene rings is 1. The maximum Gasteiger partial charge on any atom is 0.321 e. The molecule has 0 radical (unpaired) electrons. The van der Waals surface area contributed by atoms with E-state index in [1.54, 1.807) is 25.6 Å². The van der Waals surface area contributed by atoms with Gasteiger partial charge in [-0.2, -0.15) is 4.98 Å². The number of rotatable bonds is 6. The number of hydrogen-bond acceptors (Lipinski definition) is 7. The van der Waals surface area contributed by atoms with Gasteiger partial charge in [-0.05, 0) is 56.0 Å². The molecule has 1 aliphatic rings. The monoisotopic (exact) mass is 338 g/mol. The molecule has 1 unspecified atom stereocenters. The summed E-state index contributed by atoms with van der Waals surface area (Å²) < 4.78 is 16.7. The molecule has 1 aliphatic carbocycles. The first-order valence-electron chi connectivity index (χ1n) is 8.13. The minimum atomic E-state index is -0.515. The van der Waals surface area contributed by atoms with Crippen LogP contribution in [0.1, 0.15) is 25.7 Å². The van der Waals surface area contributed by atoms with Crippen molar-refractivity contribution in [2.45, 2.75) is 25.4 Å². The number of nitrogens with zero attached hydrogens (tertiary/aromatic N) is 4. The van der Waals surface area contributed by atoms with Crippen LogP contribution in [0.2, 0.25) is 0 Å². The first-order chi connectivity index (χ1) is 12.2. The van der Waals surface area contributed by atoms with Crippen LogP contribution in [0.25, 0.3) is 11.4 Å². The molecule has 0 saturated heterocycles. The van der Waals surface area contributed by atoms with Crippen LogP contribution >= 0.6 is 0 Å². The molecule has 2 heterocycles. The third kappa shape index (κ3) is 3.10. The standard InChI is InChI=1S/C18H18N4O3/c1-18(23-2,13-6-7-13)16-21-15(22-25-16)12-4-8-14(9-5-12)24-17-19-10-3-11-20-17/h3-5,8-11,13H,6-7H2,1-2H3. The maximum atomic E-state index is 5.65. The molecular formula is C18H18N4O3. The molecule has 0 N–H and O–H groups in total. The number of methoxy groups -OCH3 is 1. The Labute approximate surface area is 145 Å². The summed E-state index contributed by atoms with van der Waals surface area (Å²) >= 11 is 0. The summed E-state index contributed by atoms with van der Waals surface area (Å²) in [7, 11) is 1.68. The molecule has 1 saturated carbocycles. The summed E-state index contributed by atoms with van der Waals surface area (Å²) in [5.41, 5.74) is 0.324. The normalized spacial score (nSPS) is 16.4. The highest BCUT2D eigenvalue weighted by molar-refractivity contribution is 5.55. The summed E-state index contributed by atoms with van der Waals surface area (Å²) in [6.45, 7) is 2.00. The highest BCUT2D eigenvalue weighted by atomic mass is 16.5. The molecule has 128 valence electrons. The second kappa shape index (κ2) is 6.25. The predicted octanol–water partition coefficient (Wildman–Crippen LogP) is 3.59. The highest BCUT2D eigenvalue weighted by Crippen LogP contribution is 2.47. The van der Waals surface area contributed by atoms with Crippen LogP contribution in [0, 0.1) is 5.92 Å². The van der Waals surface area contributed by atoms with Gasteiger partial charge in [0.2, 0.25) is 5.82 Å². The first-order valence-corrected chi connectivity index (χ1v) is 8.13. The zero-order valence-electron chi connectivity index (χ0n) is 14.0. The van der Waals surface area contributed by atoms with E-state index in [2.05, 4.69) is 20.1 Å². The number of ether oxygens (including phenoxy) is 2. The molecule has 7 heteroatoms. The Balaban J connectivity index is 1.53. The van der Waals surface area contributed by atoms with E-state index in [1.807, 2.05) is 31.2 Å². The summed E-state index contributed by atoms with van der Waals surface area (Å²) in [6.07, 6.45) is 5.50. The molecule has 0 amide bonds. The Kier molecular flexibility index (Phi) is 3.93. The smallest absolute Gasteiger partial charge is 0.321 e. The van der Waals surface area contributed by atoms with E-state index in [0.29, 0.717) is 29.4 Å². The third-order valence-electron chi connectivity index (χ3n) is 4.49. The molecule has 7 nitrogen and oxygen atoms in total. The van der Waals surface area contributed by atoms with E-state index in [0.717, 1.165) is 18.4 Å². The molecule has 3 aromatic rings. The van der Waals surface area contributed by atoms with Crippen molar-refractivity contribution in [2.75, 3.05) is 7.11 Å². The van der Waals surface area contributed by atoms with Crippen molar-refractivity contribution in [3.05, 3.63) is 48.6 Å². The third-order valence-corrected chi connectivity index (χ3v) is 4.49. The lowest BCUT2D eigenvalue weighted by atomic mass is 10.0. The van der Waals surface area contributed by atoms with Crippen LogP contribution in [0.5, 0.6) is 11.8 Å². The van der Waals surface area contributed by atoms with Crippen LogP contribution in [-0.4, -0.2) is 27.2 Å². The second-order valence-electron chi connectivity index (χ2n) is 6.17. The molecule has 1 aromatic carbocycles. The molecule has 4 rings (SSSR count). The quantitative estimate of drug-likeness (QED) is 0.679. The topological polar surface area (TPSA) is 83.2 Å². The Morgan fingerprint density at radius 2 is 1.84 bits per heavy atom. The van der Waals surface area contributed by atoms with Crippen LogP contribution < -0.4 is 4.74 Å². The van der Waals surface area contributed by atoms with Gasteiger partial charge in [-0.1, -0.05) is 5.16 Å². The van der Waals surface area contributed by atoms with Gasteiger partial charge in [-0.25, -0.2) is 9.97 Å². The van der Waals surface area contributed by atoms with Gasteiger partial charge < -0.3 is 14.0 Å². The maximum absolute atomic E-state index is 5.65. The number of aromatic nitrogens is 4. The van der Waals surface area contributed by atoms with Gasteiger partial charge in [0.05, 0.1) is 0 Å². The molecule has 1 atom stereocenters. The van der Waals surface area contributed by atoms with Gasteiger partial charge in [0, 0.05) is 25.1 Å². The molecule has 0 spiro atoms. The summed E-state index contributed by atoms with van der Waals surface area (Å²) in [4.78, 5) is 12.6. The zero-order valence-corrected chi connectivity index (χ0v) is 14.0. The van der Waals surface area contributed by atoms with Crippen LogP contribution in [0.3, 0.4) is 0 Å². The van der Waals surface area contributed by atoms with Gasteiger partial charge in [0.15, 0.2) is 0 Å². The highest BCUT2D eigenvalue weighted by Gasteiger charge is 2.47. The van der Waals surface area contributed by atoms with E-state index >= 15 is 0 Å². The van der Waals surface area contributed by atoms with Gasteiger partial charge in [-0.3, -0.25) is 0 Å². The lowest BCUT2D eigenvalue weighted by Crippen LogP contribution is -2.27. The van der Waals surface area contributed by atoms with Gasteiger partial charge in [0.25, 0.3) is 5.89 Å². The van der Waals surface area contributed by atoms with E-state index < -0.39 is 5.60 Å². The van der Waals surface area contributed by atoms with Crippen molar-refractivity contribution in [3.8, 4) is 23.1 Å². The van der Waals surface area contributed by atoms with Gasteiger partial charge >= 0.3 is 6.01 Å². The number of hydrogen-bond donors (Lipinski definition) is 0. The summed E-state index contributed by atoms with van der Waals surface area (Å²) in [6, 6.07) is 9.41. The molecule has 1 fully saturated rings. The SMILES string of the molecule is COC(C)(c1nc(-c2ccc(Oc3ncccn3)cc2)no1)C1CC1. The van der Waals surface area contributed by atoms with Crippen molar-refractivity contribution in [1.82, 2.24) is 20.1 Å². The Morgan fingerprint density at radius 1 is 1.12 bits per heavy atom. The van der Waals surface area contributed by atoms with Crippen molar-refractivity contribution in [1.29, 1.82) is 0 Å². The van der Waals surface area contributed by atoms with E-state index in [4.69, 9.17) is 14.0 Å². The van der Waals surface area contributed by atoms with Crippen molar-refractivity contribution in [2.24, 2.45) is 5.92 Å². The van der Waals surface area contributed by atoms with Crippen molar-refractivity contribution < 1.29 is 14.0 Å². The van der Waals surface area contributed by atoms with E-state index in [1.165, 1.54) is 0 Å². The first kappa shape index (κ1) is 15.7. The lowest BCUT2D eigenvalue weighted by molar-refractivity contribution is -0.0429. The summed E-state index contributed by atoms with van der Waals surface area (Å²) in [5, 5.41) is 4.09.